The average molecular weight is 339 g/mol. The van der Waals surface area contributed by atoms with Gasteiger partial charge in [0.05, 0.1) is 30.4 Å². The number of hydrogen-bond acceptors (Lipinski definition) is 4. The maximum absolute atomic E-state index is 12.4. The molecule has 1 atom stereocenters. The highest BCUT2D eigenvalue weighted by molar-refractivity contribution is 9.10. The summed E-state index contributed by atoms with van der Waals surface area (Å²) in [5.41, 5.74) is 0.628. The Hall–Kier alpha value is -1.24. The Morgan fingerprint density at radius 2 is 2.30 bits per heavy atom. The fourth-order valence-electron chi connectivity index (χ4n) is 2.33. The minimum Gasteiger partial charge on any atom is -0.348 e. The maximum Gasteiger partial charge on any atom is 0.261 e. The first-order chi connectivity index (χ1) is 9.44. The van der Waals surface area contributed by atoms with Crippen LogP contribution in [0.4, 0.5) is 0 Å². The minimum atomic E-state index is -0.582. The lowest BCUT2D eigenvalue weighted by atomic mass is 10.2. The molecule has 2 aromatic rings. The topological polar surface area (TPSA) is 53.4 Å². The molecule has 0 bridgehead atoms. The number of fused-ring (bicyclic) bond motifs is 1. The third kappa shape index (κ3) is 2.63. The van der Waals surface area contributed by atoms with Crippen molar-refractivity contribution in [3.05, 3.63) is 39.4 Å². The van der Waals surface area contributed by atoms with Crippen molar-refractivity contribution in [2.75, 3.05) is 6.61 Å². The summed E-state index contributed by atoms with van der Waals surface area (Å²) in [5.74, 6) is -0.582. The van der Waals surface area contributed by atoms with Crippen LogP contribution < -0.4 is 5.56 Å². The summed E-state index contributed by atoms with van der Waals surface area (Å²) in [6.07, 6.45) is 1.43. The van der Waals surface area contributed by atoms with Crippen molar-refractivity contribution in [2.24, 2.45) is 0 Å². The lowest BCUT2D eigenvalue weighted by Gasteiger charge is -2.17. The van der Waals surface area contributed by atoms with E-state index >= 15 is 0 Å². The van der Waals surface area contributed by atoms with Gasteiger partial charge in [-0.2, -0.15) is 0 Å². The lowest BCUT2D eigenvalue weighted by Crippen LogP contribution is -2.29. The van der Waals surface area contributed by atoms with Crippen LogP contribution in [0.3, 0.4) is 0 Å². The van der Waals surface area contributed by atoms with Crippen LogP contribution in [0.2, 0.25) is 0 Å². The van der Waals surface area contributed by atoms with Gasteiger partial charge in [-0.05, 0) is 32.0 Å². The summed E-state index contributed by atoms with van der Waals surface area (Å²) >= 11 is 3.37. The van der Waals surface area contributed by atoms with Gasteiger partial charge < -0.3 is 9.47 Å². The SMILES string of the molecule is CC1(C)OCC(Cn2cnc3ccc(Br)cc3c2=O)O1. The van der Waals surface area contributed by atoms with Crippen LogP contribution >= 0.6 is 15.9 Å². The van der Waals surface area contributed by atoms with Crippen molar-refractivity contribution >= 4 is 26.8 Å². The van der Waals surface area contributed by atoms with Gasteiger partial charge in [0.15, 0.2) is 5.79 Å². The van der Waals surface area contributed by atoms with Gasteiger partial charge in [-0.1, -0.05) is 15.9 Å². The summed E-state index contributed by atoms with van der Waals surface area (Å²) in [5, 5.41) is 0.597. The van der Waals surface area contributed by atoms with E-state index in [2.05, 4.69) is 20.9 Å². The Kier molecular flexibility index (Phi) is 3.40. The number of ether oxygens (including phenoxy) is 2. The molecule has 20 heavy (non-hydrogen) atoms. The quantitative estimate of drug-likeness (QED) is 0.843. The van der Waals surface area contributed by atoms with Crippen molar-refractivity contribution in [3.63, 3.8) is 0 Å². The Morgan fingerprint density at radius 3 is 3.00 bits per heavy atom. The molecule has 0 saturated carbocycles. The molecule has 2 heterocycles. The highest BCUT2D eigenvalue weighted by Crippen LogP contribution is 2.23. The molecule has 1 saturated heterocycles. The summed E-state index contributed by atoms with van der Waals surface area (Å²) in [7, 11) is 0. The summed E-state index contributed by atoms with van der Waals surface area (Å²) in [4.78, 5) is 16.7. The smallest absolute Gasteiger partial charge is 0.261 e. The zero-order valence-corrected chi connectivity index (χ0v) is 12.9. The molecule has 0 radical (unpaired) electrons. The molecule has 106 valence electrons. The van der Waals surface area contributed by atoms with E-state index < -0.39 is 5.79 Å². The molecule has 1 unspecified atom stereocenters. The number of nitrogens with zero attached hydrogens (tertiary/aromatic N) is 2. The fraction of sp³-hybridized carbons (Fsp3) is 0.429. The van der Waals surface area contributed by atoms with Gasteiger partial charge in [-0.15, -0.1) is 0 Å². The van der Waals surface area contributed by atoms with Crippen LogP contribution in [0.5, 0.6) is 0 Å². The maximum atomic E-state index is 12.4. The van der Waals surface area contributed by atoms with Crippen LogP contribution in [-0.4, -0.2) is 28.0 Å². The highest BCUT2D eigenvalue weighted by atomic mass is 79.9. The predicted molar refractivity (Wildman–Crippen MR) is 78.6 cm³/mol. The first-order valence-electron chi connectivity index (χ1n) is 6.41. The van der Waals surface area contributed by atoms with Crippen molar-refractivity contribution in [3.8, 4) is 0 Å². The Bertz CT molecular complexity index is 711. The molecule has 1 aliphatic heterocycles. The molecule has 0 N–H and O–H groups in total. The van der Waals surface area contributed by atoms with E-state index in [-0.39, 0.29) is 11.7 Å². The van der Waals surface area contributed by atoms with Gasteiger partial charge in [-0.25, -0.2) is 4.98 Å². The Labute approximate surface area is 124 Å². The molecule has 0 amide bonds. The summed E-state index contributed by atoms with van der Waals surface area (Å²) in [6, 6.07) is 5.48. The molecule has 3 rings (SSSR count). The van der Waals surface area contributed by atoms with Gasteiger partial charge in [-0.3, -0.25) is 9.36 Å². The second-order valence-electron chi connectivity index (χ2n) is 5.31. The van der Waals surface area contributed by atoms with Crippen molar-refractivity contribution in [1.82, 2.24) is 9.55 Å². The van der Waals surface area contributed by atoms with E-state index in [1.165, 1.54) is 0 Å². The van der Waals surface area contributed by atoms with E-state index in [1.54, 1.807) is 17.0 Å². The number of hydrogen-bond donors (Lipinski definition) is 0. The zero-order valence-electron chi connectivity index (χ0n) is 11.3. The highest BCUT2D eigenvalue weighted by Gasteiger charge is 2.32. The van der Waals surface area contributed by atoms with E-state index in [0.29, 0.717) is 24.1 Å². The molecule has 5 nitrogen and oxygen atoms in total. The van der Waals surface area contributed by atoms with Crippen LogP contribution in [0.25, 0.3) is 10.9 Å². The summed E-state index contributed by atoms with van der Waals surface area (Å²) < 4.78 is 13.7. The predicted octanol–water partition coefficient (Wildman–Crippen LogP) is 2.31. The van der Waals surface area contributed by atoms with Crippen LogP contribution in [0, 0.1) is 0 Å². The molecular weight excluding hydrogens is 324 g/mol. The number of halogens is 1. The molecule has 0 spiro atoms. The second kappa shape index (κ2) is 4.95. The number of aromatic nitrogens is 2. The Balaban J connectivity index is 1.93. The fourth-order valence-corrected chi connectivity index (χ4v) is 2.69. The molecule has 1 aromatic carbocycles. The van der Waals surface area contributed by atoms with Gasteiger partial charge in [0.2, 0.25) is 0 Å². The van der Waals surface area contributed by atoms with E-state index in [4.69, 9.17) is 9.47 Å². The average Bonchev–Trinajstić information content (AvgIpc) is 2.73. The van der Waals surface area contributed by atoms with Gasteiger partial charge >= 0.3 is 0 Å². The minimum absolute atomic E-state index is 0.0652. The zero-order chi connectivity index (χ0) is 14.3. The second-order valence-corrected chi connectivity index (χ2v) is 6.23. The Morgan fingerprint density at radius 1 is 1.50 bits per heavy atom. The monoisotopic (exact) mass is 338 g/mol. The van der Waals surface area contributed by atoms with Crippen LogP contribution in [0.1, 0.15) is 13.8 Å². The molecule has 1 aromatic heterocycles. The van der Waals surface area contributed by atoms with Gasteiger partial charge in [0, 0.05) is 4.47 Å². The van der Waals surface area contributed by atoms with E-state index in [0.717, 1.165) is 4.47 Å². The van der Waals surface area contributed by atoms with Gasteiger partial charge in [0.25, 0.3) is 5.56 Å². The van der Waals surface area contributed by atoms with E-state index in [9.17, 15) is 4.79 Å². The first-order valence-corrected chi connectivity index (χ1v) is 7.20. The normalized spacial score (nSPS) is 21.4. The summed E-state index contributed by atoms with van der Waals surface area (Å²) in [6.45, 7) is 4.66. The molecule has 1 aliphatic rings. The first kappa shape index (κ1) is 13.7. The molecule has 0 aliphatic carbocycles. The number of benzene rings is 1. The number of rotatable bonds is 2. The largest absolute Gasteiger partial charge is 0.348 e. The van der Waals surface area contributed by atoms with Crippen molar-refractivity contribution in [2.45, 2.75) is 32.3 Å². The van der Waals surface area contributed by atoms with Gasteiger partial charge in [0.1, 0.15) is 6.10 Å². The van der Waals surface area contributed by atoms with Crippen molar-refractivity contribution in [1.29, 1.82) is 0 Å². The van der Waals surface area contributed by atoms with E-state index in [1.807, 2.05) is 26.0 Å². The molecule has 6 heteroatoms. The lowest BCUT2D eigenvalue weighted by molar-refractivity contribution is -0.139. The van der Waals surface area contributed by atoms with Crippen LogP contribution in [0.15, 0.2) is 33.8 Å². The van der Waals surface area contributed by atoms with Crippen LogP contribution in [-0.2, 0) is 16.0 Å². The third-order valence-electron chi connectivity index (χ3n) is 3.25. The van der Waals surface area contributed by atoms with Crippen molar-refractivity contribution < 1.29 is 9.47 Å². The standard InChI is InChI=1S/C14H15BrN2O3/c1-14(2)19-7-10(20-14)6-17-8-16-12-4-3-9(15)5-11(12)13(17)18/h3-5,8,10H,6-7H2,1-2H3. The molecule has 1 fully saturated rings. The third-order valence-corrected chi connectivity index (χ3v) is 3.75. The molecular formula is C14H15BrN2O3.